The van der Waals surface area contributed by atoms with Gasteiger partial charge in [0.2, 0.25) is 0 Å². The van der Waals surface area contributed by atoms with Crippen LogP contribution in [0.5, 0.6) is 0 Å². The van der Waals surface area contributed by atoms with E-state index in [0.717, 1.165) is 0 Å². The molecular formula is C9H13BO3. The summed E-state index contributed by atoms with van der Waals surface area (Å²) in [4.78, 5) is 0. The molecule has 0 spiro atoms. The zero-order chi connectivity index (χ0) is 10.1. The number of hydrogen-bond acceptors (Lipinski definition) is 3. The van der Waals surface area contributed by atoms with Crippen LogP contribution in [0.1, 0.15) is 12.5 Å². The lowest BCUT2D eigenvalue weighted by atomic mass is 10.2. The van der Waals surface area contributed by atoms with Crippen LogP contribution in [0.2, 0.25) is 0 Å². The minimum absolute atomic E-state index is 1.26. The Labute approximate surface area is 78.2 Å². The first kappa shape index (κ1) is 11.9. The van der Waals surface area contributed by atoms with Crippen molar-refractivity contribution in [2.75, 3.05) is 0 Å². The molecule has 0 bridgehead atoms. The number of allylic oxidation sites excluding steroid dienone is 1. The fourth-order valence-electron chi connectivity index (χ4n) is 0.757. The van der Waals surface area contributed by atoms with Crippen LogP contribution in [-0.4, -0.2) is 22.4 Å². The van der Waals surface area contributed by atoms with E-state index in [1.165, 1.54) is 5.56 Å². The van der Waals surface area contributed by atoms with Crippen molar-refractivity contribution >= 4 is 13.4 Å². The van der Waals surface area contributed by atoms with Gasteiger partial charge in [0.15, 0.2) is 0 Å². The van der Waals surface area contributed by atoms with Gasteiger partial charge in [-0.2, -0.15) is 0 Å². The smallest absolute Gasteiger partial charge is 0.402 e. The number of hydrogen-bond donors (Lipinski definition) is 3. The van der Waals surface area contributed by atoms with Crippen molar-refractivity contribution < 1.29 is 15.1 Å². The molecule has 4 heteroatoms. The van der Waals surface area contributed by atoms with E-state index in [0.29, 0.717) is 0 Å². The predicted molar refractivity (Wildman–Crippen MR) is 53.6 cm³/mol. The van der Waals surface area contributed by atoms with Gasteiger partial charge in [-0.25, -0.2) is 0 Å². The Morgan fingerprint density at radius 2 is 1.54 bits per heavy atom. The molecule has 70 valence electrons. The van der Waals surface area contributed by atoms with Crippen molar-refractivity contribution in [2.24, 2.45) is 0 Å². The molecule has 0 heterocycles. The Bertz CT molecular complexity index is 231. The van der Waals surface area contributed by atoms with E-state index in [9.17, 15) is 0 Å². The van der Waals surface area contributed by atoms with Crippen molar-refractivity contribution in [2.45, 2.75) is 6.92 Å². The van der Waals surface area contributed by atoms with Crippen molar-refractivity contribution in [3.8, 4) is 0 Å². The second-order valence-electron chi connectivity index (χ2n) is 2.26. The van der Waals surface area contributed by atoms with Gasteiger partial charge in [-0.1, -0.05) is 42.5 Å². The molecule has 0 aliphatic carbocycles. The zero-order valence-corrected chi connectivity index (χ0v) is 7.46. The summed E-state index contributed by atoms with van der Waals surface area (Å²) in [6.45, 7) is 2.02. The molecule has 0 aromatic heterocycles. The molecule has 0 amide bonds. The summed E-state index contributed by atoms with van der Waals surface area (Å²) >= 11 is 0. The van der Waals surface area contributed by atoms with E-state index in [1.807, 2.05) is 31.2 Å². The predicted octanol–water partition coefficient (Wildman–Crippen LogP) is 0.668. The van der Waals surface area contributed by atoms with E-state index >= 15 is 0 Å². The molecule has 3 nitrogen and oxygen atoms in total. The second kappa shape index (κ2) is 7.55. The summed E-state index contributed by atoms with van der Waals surface area (Å²) in [7, 11) is -2.17. The van der Waals surface area contributed by atoms with Gasteiger partial charge in [0.05, 0.1) is 0 Å². The molecule has 0 aliphatic heterocycles. The molecule has 0 saturated carbocycles. The van der Waals surface area contributed by atoms with Gasteiger partial charge in [0.1, 0.15) is 0 Å². The lowest BCUT2D eigenvalue weighted by molar-refractivity contribution is 0.278. The van der Waals surface area contributed by atoms with Crippen molar-refractivity contribution in [1.82, 2.24) is 0 Å². The molecule has 0 radical (unpaired) electrons. The SMILES string of the molecule is CC=Cc1ccccc1.OB(O)O. The molecule has 0 unspecified atom stereocenters. The molecule has 1 aromatic carbocycles. The van der Waals surface area contributed by atoms with E-state index < -0.39 is 7.32 Å². The van der Waals surface area contributed by atoms with Gasteiger partial charge in [0, 0.05) is 0 Å². The highest BCUT2D eigenvalue weighted by atomic mass is 16.5. The normalized spacial score (nSPS) is 9.23. The van der Waals surface area contributed by atoms with Gasteiger partial charge in [-0.3, -0.25) is 0 Å². The fourth-order valence-corrected chi connectivity index (χ4v) is 0.757. The molecule has 13 heavy (non-hydrogen) atoms. The van der Waals surface area contributed by atoms with Crippen molar-refractivity contribution in [1.29, 1.82) is 0 Å². The van der Waals surface area contributed by atoms with Crippen LogP contribution >= 0.6 is 0 Å². The zero-order valence-electron chi connectivity index (χ0n) is 7.46. The Balaban J connectivity index is 0.000000310. The Kier molecular flexibility index (Phi) is 6.91. The molecule has 0 atom stereocenters. The third-order valence-electron chi connectivity index (χ3n) is 1.16. The summed E-state index contributed by atoms with van der Waals surface area (Å²) in [5.41, 5.74) is 1.26. The first-order chi connectivity index (χ1) is 6.16. The summed E-state index contributed by atoms with van der Waals surface area (Å²) in [5, 5.41) is 21.5. The maximum absolute atomic E-state index is 7.17. The second-order valence-corrected chi connectivity index (χ2v) is 2.26. The van der Waals surface area contributed by atoms with E-state index in [-0.39, 0.29) is 0 Å². The lowest BCUT2D eigenvalue weighted by Crippen LogP contribution is -2.07. The van der Waals surface area contributed by atoms with Crippen LogP contribution < -0.4 is 0 Å². The average molecular weight is 180 g/mol. The van der Waals surface area contributed by atoms with Gasteiger partial charge >= 0.3 is 7.32 Å². The molecule has 0 saturated heterocycles. The van der Waals surface area contributed by atoms with Crippen LogP contribution in [0.4, 0.5) is 0 Å². The summed E-state index contributed by atoms with van der Waals surface area (Å²) in [6.07, 6.45) is 4.12. The van der Waals surface area contributed by atoms with Crippen LogP contribution in [0, 0.1) is 0 Å². The maximum atomic E-state index is 7.17. The van der Waals surface area contributed by atoms with Crippen LogP contribution in [0.15, 0.2) is 36.4 Å². The minimum Gasteiger partial charge on any atom is -0.402 e. The quantitative estimate of drug-likeness (QED) is 0.556. The number of benzene rings is 1. The van der Waals surface area contributed by atoms with E-state index in [2.05, 4.69) is 18.2 Å². The third kappa shape index (κ3) is 8.81. The van der Waals surface area contributed by atoms with Gasteiger partial charge in [-0.05, 0) is 12.5 Å². The topological polar surface area (TPSA) is 60.7 Å². The fraction of sp³-hybridized carbons (Fsp3) is 0.111. The summed E-state index contributed by atoms with van der Waals surface area (Å²) in [5.74, 6) is 0. The minimum atomic E-state index is -2.17. The molecule has 0 fully saturated rings. The lowest BCUT2D eigenvalue weighted by Gasteiger charge is -1.86. The Morgan fingerprint density at radius 3 is 1.92 bits per heavy atom. The standard InChI is InChI=1S/C9H10.BH3O3/c1-2-6-9-7-4-3-5-8-9;2-1(3)4/h2-8H,1H3;2-4H. The highest BCUT2D eigenvalue weighted by Crippen LogP contribution is 1.99. The van der Waals surface area contributed by atoms with Crippen LogP contribution in [-0.2, 0) is 0 Å². The van der Waals surface area contributed by atoms with Crippen molar-refractivity contribution in [3.63, 3.8) is 0 Å². The highest BCUT2D eigenvalue weighted by Gasteiger charge is 1.92. The first-order valence-electron chi connectivity index (χ1n) is 3.88. The van der Waals surface area contributed by atoms with Crippen LogP contribution in [0.3, 0.4) is 0 Å². The van der Waals surface area contributed by atoms with E-state index in [4.69, 9.17) is 15.1 Å². The van der Waals surface area contributed by atoms with Gasteiger partial charge in [-0.15, -0.1) is 0 Å². The first-order valence-corrected chi connectivity index (χ1v) is 3.88. The van der Waals surface area contributed by atoms with Gasteiger partial charge in [0.25, 0.3) is 0 Å². The summed E-state index contributed by atoms with van der Waals surface area (Å²) in [6, 6.07) is 10.3. The third-order valence-corrected chi connectivity index (χ3v) is 1.16. The van der Waals surface area contributed by atoms with Crippen molar-refractivity contribution in [3.05, 3.63) is 42.0 Å². The van der Waals surface area contributed by atoms with Crippen LogP contribution in [0.25, 0.3) is 6.08 Å². The molecular weight excluding hydrogens is 167 g/mol. The average Bonchev–Trinajstić information content (AvgIpc) is 2.06. The summed E-state index contributed by atoms with van der Waals surface area (Å²) < 4.78 is 0. The Hall–Kier alpha value is -1.10. The molecule has 1 aromatic rings. The molecule has 3 N–H and O–H groups in total. The monoisotopic (exact) mass is 180 g/mol. The van der Waals surface area contributed by atoms with Gasteiger partial charge < -0.3 is 15.1 Å². The van der Waals surface area contributed by atoms with E-state index in [1.54, 1.807) is 0 Å². The molecule has 0 aliphatic rings. The maximum Gasteiger partial charge on any atom is 0.631 e. The Morgan fingerprint density at radius 1 is 1.08 bits per heavy atom. The highest BCUT2D eigenvalue weighted by molar-refractivity contribution is 6.30. The molecule has 1 rings (SSSR count). The largest absolute Gasteiger partial charge is 0.631 e. The number of rotatable bonds is 1.